The van der Waals surface area contributed by atoms with E-state index in [1.165, 1.54) is 0 Å². The number of nitrogens with one attached hydrogen (secondary N) is 1. The molecule has 1 N–H and O–H groups in total. The lowest BCUT2D eigenvalue weighted by molar-refractivity contribution is 0.581. The number of rotatable bonds is 4. The van der Waals surface area contributed by atoms with E-state index in [2.05, 4.69) is 14.7 Å². The van der Waals surface area contributed by atoms with Gasteiger partial charge in [-0.15, -0.1) is 0 Å². The zero-order valence-electron chi connectivity index (χ0n) is 9.42. The monoisotopic (exact) mass is 251 g/mol. The Labute approximate surface area is 100.0 Å². The second-order valence-corrected chi connectivity index (χ2v) is 5.67. The molecular weight excluding hydrogens is 238 g/mol. The normalized spacial score (nSPS) is 11.8. The van der Waals surface area contributed by atoms with Gasteiger partial charge in [-0.25, -0.2) is 18.1 Å². The third-order valence-electron chi connectivity index (χ3n) is 2.35. The van der Waals surface area contributed by atoms with Crippen molar-refractivity contribution in [2.45, 2.75) is 13.5 Å². The molecule has 0 radical (unpaired) electrons. The van der Waals surface area contributed by atoms with Crippen molar-refractivity contribution in [2.75, 3.05) is 5.75 Å². The molecule has 0 atom stereocenters. The second-order valence-electron chi connectivity index (χ2n) is 3.57. The first-order valence-corrected chi connectivity index (χ1v) is 6.94. The van der Waals surface area contributed by atoms with E-state index in [9.17, 15) is 8.42 Å². The molecule has 0 aliphatic rings. The Bertz CT molecular complexity index is 625. The van der Waals surface area contributed by atoms with Crippen LogP contribution in [0.25, 0.3) is 11.0 Å². The van der Waals surface area contributed by atoms with Crippen molar-refractivity contribution in [3.63, 3.8) is 0 Å². The highest BCUT2D eigenvalue weighted by Crippen LogP contribution is 2.08. The minimum atomic E-state index is -3.19. The van der Waals surface area contributed by atoms with E-state index in [-0.39, 0.29) is 12.3 Å². The molecule has 0 spiro atoms. The number of fused-ring (bicyclic) bond motifs is 1. The molecule has 0 fully saturated rings. The summed E-state index contributed by atoms with van der Waals surface area (Å²) in [7, 11) is -3.19. The van der Waals surface area contributed by atoms with E-state index in [1.54, 1.807) is 13.1 Å². The molecule has 0 bridgehead atoms. The summed E-state index contributed by atoms with van der Waals surface area (Å²) >= 11 is 0. The number of nitrogens with zero attached hydrogens (tertiary/aromatic N) is 2. The van der Waals surface area contributed by atoms with Gasteiger partial charge in [0.2, 0.25) is 10.0 Å². The number of sulfonamides is 1. The maximum Gasteiger partial charge on any atom is 0.211 e. The largest absolute Gasteiger partial charge is 0.253 e. The van der Waals surface area contributed by atoms with Crippen molar-refractivity contribution in [1.29, 1.82) is 0 Å². The highest BCUT2D eigenvalue weighted by molar-refractivity contribution is 7.89. The van der Waals surface area contributed by atoms with Crippen molar-refractivity contribution < 1.29 is 8.42 Å². The summed E-state index contributed by atoms with van der Waals surface area (Å²) in [5.41, 5.74) is 2.18. The van der Waals surface area contributed by atoms with Gasteiger partial charge < -0.3 is 0 Å². The van der Waals surface area contributed by atoms with E-state index in [0.717, 1.165) is 11.0 Å². The van der Waals surface area contributed by atoms with Crippen LogP contribution in [0.1, 0.15) is 12.6 Å². The highest BCUT2D eigenvalue weighted by Gasteiger charge is 2.07. The average Bonchev–Trinajstić information content (AvgIpc) is 2.36. The summed E-state index contributed by atoms with van der Waals surface area (Å²) in [6, 6.07) is 7.47. The first kappa shape index (κ1) is 11.9. The number of hydrogen-bond donors (Lipinski definition) is 1. The topological polar surface area (TPSA) is 72.0 Å². The number of aromatic nitrogens is 2. The molecule has 90 valence electrons. The summed E-state index contributed by atoms with van der Waals surface area (Å²) in [5.74, 6) is 0.0635. The Balaban J connectivity index is 2.20. The Hall–Kier alpha value is -1.53. The molecule has 6 heteroatoms. The summed E-state index contributed by atoms with van der Waals surface area (Å²) in [5, 5.41) is 0. The van der Waals surface area contributed by atoms with Gasteiger partial charge in [0, 0.05) is 0 Å². The van der Waals surface area contributed by atoms with Crippen molar-refractivity contribution in [1.82, 2.24) is 14.7 Å². The summed E-state index contributed by atoms with van der Waals surface area (Å²) in [6.07, 6.45) is 1.58. The summed E-state index contributed by atoms with van der Waals surface area (Å²) in [4.78, 5) is 8.53. The smallest absolute Gasteiger partial charge is 0.211 e. The van der Waals surface area contributed by atoms with E-state index in [4.69, 9.17) is 0 Å². The van der Waals surface area contributed by atoms with E-state index >= 15 is 0 Å². The molecule has 0 amide bonds. The van der Waals surface area contributed by atoms with Gasteiger partial charge in [0.15, 0.2) is 0 Å². The predicted octanol–water partition coefficient (Wildman–Crippen LogP) is 1.07. The number of hydrogen-bond acceptors (Lipinski definition) is 4. The molecule has 1 aromatic carbocycles. The molecule has 0 unspecified atom stereocenters. The van der Waals surface area contributed by atoms with Gasteiger partial charge >= 0.3 is 0 Å². The van der Waals surface area contributed by atoms with E-state index < -0.39 is 10.0 Å². The van der Waals surface area contributed by atoms with Gasteiger partial charge in [-0.05, 0) is 19.1 Å². The molecule has 1 heterocycles. The molecule has 2 aromatic rings. The maximum atomic E-state index is 11.3. The van der Waals surface area contributed by atoms with Gasteiger partial charge in [0.1, 0.15) is 0 Å². The van der Waals surface area contributed by atoms with Crippen LogP contribution >= 0.6 is 0 Å². The third-order valence-corrected chi connectivity index (χ3v) is 3.70. The van der Waals surface area contributed by atoms with Gasteiger partial charge in [-0.2, -0.15) is 0 Å². The van der Waals surface area contributed by atoms with Crippen molar-refractivity contribution in [3.8, 4) is 0 Å². The minimum absolute atomic E-state index is 0.0635. The molecular formula is C11H13N3O2S. The van der Waals surface area contributed by atoms with Gasteiger partial charge in [-0.3, -0.25) is 4.98 Å². The molecule has 1 aromatic heterocycles. The fraction of sp³-hybridized carbons (Fsp3) is 0.273. The van der Waals surface area contributed by atoms with E-state index in [0.29, 0.717) is 5.69 Å². The molecule has 5 nitrogen and oxygen atoms in total. The van der Waals surface area contributed by atoms with Crippen LogP contribution in [0.5, 0.6) is 0 Å². The lowest BCUT2D eigenvalue weighted by Gasteiger charge is -2.04. The SMILES string of the molecule is CCS(=O)(=O)NCc1cnc2ccccc2n1. The first-order chi connectivity index (χ1) is 8.11. The zero-order valence-corrected chi connectivity index (χ0v) is 10.2. The van der Waals surface area contributed by atoms with Crippen LogP contribution in [0.2, 0.25) is 0 Å². The van der Waals surface area contributed by atoms with Crippen LogP contribution in [-0.4, -0.2) is 24.1 Å². The summed E-state index contributed by atoms with van der Waals surface area (Å²) in [6.45, 7) is 1.77. The molecule has 2 rings (SSSR count). The quantitative estimate of drug-likeness (QED) is 0.882. The Morgan fingerprint density at radius 1 is 1.24 bits per heavy atom. The zero-order chi connectivity index (χ0) is 12.3. The molecule has 17 heavy (non-hydrogen) atoms. The molecule has 0 saturated heterocycles. The number of para-hydroxylation sites is 2. The van der Waals surface area contributed by atoms with Crippen molar-refractivity contribution in [3.05, 3.63) is 36.2 Å². The molecule has 0 saturated carbocycles. The highest BCUT2D eigenvalue weighted by atomic mass is 32.2. The maximum absolute atomic E-state index is 11.3. The van der Waals surface area contributed by atoms with Crippen molar-refractivity contribution in [2.24, 2.45) is 0 Å². The lowest BCUT2D eigenvalue weighted by Crippen LogP contribution is -2.25. The molecule has 0 aliphatic heterocycles. The standard InChI is InChI=1S/C11H13N3O2S/c1-2-17(15,16)13-8-9-7-12-10-5-3-4-6-11(10)14-9/h3-7,13H,2,8H2,1H3. The lowest BCUT2D eigenvalue weighted by atomic mass is 10.3. The second kappa shape index (κ2) is 4.77. The molecule has 0 aliphatic carbocycles. The average molecular weight is 251 g/mol. The minimum Gasteiger partial charge on any atom is -0.253 e. The van der Waals surface area contributed by atoms with E-state index in [1.807, 2.05) is 24.3 Å². The van der Waals surface area contributed by atoms with Gasteiger partial charge in [-0.1, -0.05) is 12.1 Å². The van der Waals surface area contributed by atoms with Gasteiger partial charge in [0.25, 0.3) is 0 Å². The fourth-order valence-corrected chi connectivity index (χ4v) is 1.94. The van der Waals surface area contributed by atoms with Crippen LogP contribution in [-0.2, 0) is 16.6 Å². The summed E-state index contributed by atoms with van der Waals surface area (Å²) < 4.78 is 25.0. The Morgan fingerprint density at radius 3 is 2.65 bits per heavy atom. The number of benzene rings is 1. The van der Waals surface area contributed by atoms with Crippen LogP contribution in [0.4, 0.5) is 0 Å². The first-order valence-electron chi connectivity index (χ1n) is 5.29. The Kier molecular flexibility index (Phi) is 3.35. The van der Waals surface area contributed by atoms with Crippen LogP contribution in [0, 0.1) is 0 Å². The van der Waals surface area contributed by atoms with Crippen LogP contribution < -0.4 is 4.72 Å². The Morgan fingerprint density at radius 2 is 1.94 bits per heavy atom. The third kappa shape index (κ3) is 2.98. The van der Waals surface area contributed by atoms with Crippen molar-refractivity contribution >= 4 is 21.1 Å². The van der Waals surface area contributed by atoms with Crippen LogP contribution in [0.3, 0.4) is 0 Å². The van der Waals surface area contributed by atoms with Gasteiger partial charge in [0.05, 0.1) is 35.2 Å². The fourth-order valence-electron chi connectivity index (χ4n) is 1.37. The predicted molar refractivity (Wildman–Crippen MR) is 65.8 cm³/mol. The van der Waals surface area contributed by atoms with Crippen LogP contribution in [0.15, 0.2) is 30.5 Å².